The Hall–Kier alpha value is -2.42. The third-order valence-electron chi connectivity index (χ3n) is 2.90. The SMILES string of the molecule is O=C1C=C(O)C(=O)c2cc3ccccc3cc21. The van der Waals surface area contributed by atoms with Crippen molar-refractivity contribution in [2.45, 2.75) is 0 Å². The van der Waals surface area contributed by atoms with E-state index in [0.29, 0.717) is 5.56 Å². The molecule has 1 aliphatic carbocycles. The van der Waals surface area contributed by atoms with E-state index in [9.17, 15) is 14.7 Å². The zero-order chi connectivity index (χ0) is 12.0. The molecule has 0 unspecified atom stereocenters. The van der Waals surface area contributed by atoms with Crippen LogP contribution in [0.1, 0.15) is 20.7 Å². The van der Waals surface area contributed by atoms with Gasteiger partial charge >= 0.3 is 0 Å². The molecule has 3 rings (SSSR count). The topological polar surface area (TPSA) is 54.4 Å². The first-order valence-electron chi connectivity index (χ1n) is 5.19. The average molecular weight is 224 g/mol. The van der Waals surface area contributed by atoms with E-state index in [0.717, 1.165) is 16.8 Å². The zero-order valence-corrected chi connectivity index (χ0v) is 8.81. The average Bonchev–Trinajstić information content (AvgIpc) is 2.34. The molecule has 1 aliphatic rings. The summed E-state index contributed by atoms with van der Waals surface area (Å²) in [5, 5.41) is 11.1. The van der Waals surface area contributed by atoms with Crippen LogP contribution in [0.15, 0.2) is 48.2 Å². The van der Waals surface area contributed by atoms with E-state index in [1.165, 1.54) is 0 Å². The largest absolute Gasteiger partial charge is 0.504 e. The summed E-state index contributed by atoms with van der Waals surface area (Å²) in [5.41, 5.74) is 0.625. The molecule has 82 valence electrons. The van der Waals surface area contributed by atoms with Crippen LogP contribution in [0.25, 0.3) is 10.8 Å². The van der Waals surface area contributed by atoms with Crippen LogP contribution in [0.2, 0.25) is 0 Å². The number of hydrogen-bond acceptors (Lipinski definition) is 3. The predicted octanol–water partition coefficient (Wildman–Crippen LogP) is 2.66. The highest BCUT2D eigenvalue weighted by Gasteiger charge is 2.25. The fourth-order valence-corrected chi connectivity index (χ4v) is 2.04. The summed E-state index contributed by atoms with van der Waals surface area (Å²) in [7, 11) is 0. The number of fused-ring (bicyclic) bond motifs is 2. The first-order chi connectivity index (χ1) is 8.16. The summed E-state index contributed by atoms with van der Waals surface area (Å²) in [6.07, 6.45) is 0.972. The van der Waals surface area contributed by atoms with E-state index in [1.54, 1.807) is 12.1 Å². The standard InChI is InChI=1S/C14H8O3/c15-12-7-13(16)14(17)11-6-9-4-2-1-3-8(9)5-10(11)12/h1-7,16H. The van der Waals surface area contributed by atoms with Crippen LogP contribution >= 0.6 is 0 Å². The zero-order valence-electron chi connectivity index (χ0n) is 8.81. The summed E-state index contributed by atoms with van der Waals surface area (Å²) in [6, 6.07) is 10.8. The molecule has 3 heteroatoms. The summed E-state index contributed by atoms with van der Waals surface area (Å²) in [4.78, 5) is 23.4. The lowest BCUT2D eigenvalue weighted by Crippen LogP contribution is -2.16. The summed E-state index contributed by atoms with van der Waals surface area (Å²) in [5.74, 6) is -1.31. The first-order valence-corrected chi connectivity index (χ1v) is 5.19. The Labute approximate surface area is 97.0 Å². The number of benzene rings is 2. The van der Waals surface area contributed by atoms with E-state index in [1.807, 2.05) is 24.3 Å². The number of rotatable bonds is 0. The Bertz CT molecular complexity index is 696. The van der Waals surface area contributed by atoms with Crippen LogP contribution in [-0.4, -0.2) is 16.7 Å². The highest BCUT2D eigenvalue weighted by atomic mass is 16.3. The Balaban J connectivity index is 2.38. The molecule has 2 aromatic carbocycles. The van der Waals surface area contributed by atoms with Crippen LogP contribution in [0.4, 0.5) is 0 Å². The van der Waals surface area contributed by atoms with Crippen LogP contribution in [-0.2, 0) is 0 Å². The second-order valence-electron chi connectivity index (χ2n) is 3.97. The Kier molecular flexibility index (Phi) is 1.89. The van der Waals surface area contributed by atoms with Gasteiger partial charge in [0.25, 0.3) is 0 Å². The third-order valence-corrected chi connectivity index (χ3v) is 2.90. The van der Waals surface area contributed by atoms with Gasteiger partial charge in [0.1, 0.15) is 0 Å². The van der Waals surface area contributed by atoms with Crippen molar-refractivity contribution in [3.8, 4) is 0 Å². The smallest absolute Gasteiger partial charge is 0.228 e. The molecule has 0 radical (unpaired) electrons. The molecule has 0 atom stereocenters. The van der Waals surface area contributed by atoms with Gasteiger partial charge in [-0.15, -0.1) is 0 Å². The Morgan fingerprint density at radius 3 is 2.12 bits per heavy atom. The molecule has 0 bridgehead atoms. The highest BCUT2D eigenvalue weighted by Crippen LogP contribution is 2.25. The van der Waals surface area contributed by atoms with Crippen molar-refractivity contribution >= 4 is 22.3 Å². The van der Waals surface area contributed by atoms with Crippen molar-refractivity contribution in [2.75, 3.05) is 0 Å². The molecule has 0 aromatic heterocycles. The number of ketones is 2. The molecule has 0 amide bonds. The van der Waals surface area contributed by atoms with Crippen LogP contribution in [0.3, 0.4) is 0 Å². The maximum absolute atomic E-state index is 11.7. The summed E-state index contributed by atoms with van der Waals surface area (Å²) in [6.45, 7) is 0. The van der Waals surface area contributed by atoms with E-state index in [2.05, 4.69) is 0 Å². The predicted molar refractivity (Wildman–Crippen MR) is 63.3 cm³/mol. The van der Waals surface area contributed by atoms with Crippen molar-refractivity contribution < 1.29 is 14.7 Å². The lowest BCUT2D eigenvalue weighted by Gasteiger charge is -2.12. The van der Waals surface area contributed by atoms with E-state index < -0.39 is 11.5 Å². The molecule has 17 heavy (non-hydrogen) atoms. The second kappa shape index (κ2) is 3.28. The quantitative estimate of drug-likeness (QED) is 0.748. The van der Waals surface area contributed by atoms with Gasteiger partial charge < -0.3 is 5.11 Å². The van der Waals surface area contributed by atoms with Gasteiger partial charge in [-0.25, -0.2) is 0 Å². The highest BCUT2D eigenvalue weighted by molar-refractivity contribution is 6.25. The maximum atomic E-state index is 11.7. The van der Waals surface area contributed by atoms with Crippen LogP contribution in [0, 0.1) is 0 Å². The van der Waals surface area contributed by atoms with Crippen molar-refractivity contribution in [3.63, 3.8) is 0 Å². The van der Waals surface area contributed by atoms with Gasteiger partial charge in [0.05, 0.1) is 0 Å². The fraction of sp³-hybridized carbons (Fsp3) is 0. The lowest BCUT2D eigenvalue weighted by atomic mass is 9.91. The van der Waals surface area contributed by atoms with Gasteiger partial charge in [-0.2, -0.15) is 0 Å². The second-order valence-corrected chi connectivity index (χ2v) is 3.97. The minimum atomic E-state index is -0.495. The minimum absolute atomic E-state index is 0.272. The third kappa shape index (κ3) is 1.36. The van der Waals surface area contributed by atoms with Crippen LogP contribution < -0.4 is 0 Å². The molecule has 1 N–H and O–H groups in total. The van der Waals surface area contributed by atoms with Crippen molar-refractivity contribution in [2.24, 2.45) is 0 Å². The molecule has 3 nitrogen and oxygen atoms in total. The number of hydrogen-bond donors (Lipinski definition) is 1. The number of aliphatic hydroxyl groups is 1. The molecule has 2 aromatic rings. The van der Waals surface area contributed by atoms with Gasteiger partial charge in [0.15, 0.2) is 11.5 Å². The van der Waals surface area contributed by atoms with E-state index in [-0.39, 0.29) is 11.3 Å². The molecule has 0 saturated heterocycles. The minimum Gasteiger partial charge on any atom is -0.504 e. The Morgan fingerprint density at radius 2 is 1.47 bits per heavy atom. The van der Waals surface area contributed by atoms with Crippen molar-refractivity contribution in [1.29, 1.82) is 0 Å². The van der Waals surface area contributed by atoms with Gasteiger partial charge in [0.2, 0.25) is 5.78 Å². The van der Waals surface area contributed by atoms with Gasteiger partial charge in [-0.05, 0) is 22.9 Å². The molecular weight excluding hydrogens is 216 g/mol. The van der Waals surface area contributed by atoms with E-state index in [4.69, 9.17) is 0 Å². The molecule has 0 heterocycles. The number of carbonyl (C=O) groups is 2. The molecular formula is C14H8O3. The van der Waals surface area contributed by atoms with Gasteiger partial charge in [0, 0.05) is 17.2 Å². The number of aliphatic hydroxyl groups excluding tert-OH is 1. The molecule has 0 spiro atoms. The monoisotopic (exact) mass is 224 g/mol. The lowest BCUT2D eigenvalue weighted by molar-refractivity contribution is 0.0939. The Morgan fingerprint density at radius 1 is 0.882 bits per heavy atom. The van der Waals surface area contributed by atoms with Crippen LogP contribution in [0.5, 0.6) is 0 Å². The van der Waals surface area contributed by atoms with Crippen molar-refractivity contribution in [3.05, 3.63) is 59.4 Å². The van der Waals surface area contributed by atoms with Crippen molar-refractivity contribution in [1.82, 2.24) is 0 Å². The number of carbonyl (C=O) groups excluding carboxylic acids is 2. The van der Waals surface area contributed by atoms with E-state index >= 15 is 0 Å². The number of allylic oxidation sites excluding steroid dienone is 2. The maximum Gasteiger partial charge on any atom is 0.228 e. The first kappa shape index (κ1) is 9.78. The van der Waals surface area contributed by atoms with Gasteiger partial charge in [-0.1, -0.05) is 24.3 Å². The normalized spacial score (nSPS) is 14.7. The van der Waals surface area contributed by atoms with Gasteiger partial charge in [-0.3, -0.25) is 9.59 Å². The fourth-order valence-electron chi connectivity index (χ4n) is 2.04. The summed E-state index contributed by atoms with van der Waals surface area (Å²) >= 11 is 0. The molecule has 0 saturated carbocycles. The molecule has 0 fully saturated rings. The summed E-state index contributed by atoms with van der Waals surface area (Å²) < 4.78 is 0. The molecule has 0 aliphatic heterocycles. The number of Topliss-reactive ketones (excluding diaryl/α,β-unsaturated/α-hetero) is 1.